The lowest BCUT2D eigenvalue weighted by Gasteiger charge is -2.33. The van der Waals surface area contributed by atoms with E-state index < -0.39 is 5.60 Å². The highest BCUT2D eigenvalue weighted by atomic mass is 35.5. The van der Waals surface area contributed by atoms with Gasteiger partial charge in [-0.2, -0.15) is 0 Å². The number of piperidine rings is 1. The Hall–Kier alpha value is -3.72. The van der Waals surface area contributed by atoms with Crippen LogP contribution >= 0.6 is 11.6 Å². The molecule has 2 fully saturated rings. The monoisotopic (exact) mass is 580 g/mol. The molecule has 2 heterocycles. The van der Waals surface area contributed by atoms with E-state index in [2.05, 4.69) is 15.6 Å². The van der Waals surface area contributed by atoms with Crippen LogP contribution < -0.4 is 20.1 Å². The first-order valence-electron chi connectivity index (χ1n) is 14.1. The molecule has 2 N–H and O–H groups in total. The van der Waals surface area contributed by atoms with Crippen LogP contribution in [0.15, 0.2) is 42.6 Å². The summed E-state index contributed by atoms with van der Waals surface area (Å²) in [5, 5.41) is 6.90. The number of halogens is 1. The van der Waals surface area contributed by atoms with E-state index in [0.717, 1.165) is 47.9 Å². The van der Waals surface area contributed by atoms with E-state index in [1.54, 1.807) is 29.3 Å². The molecule has 1 aliphatic carbocycles. The third-order valence-electron chi connectivity index (χ3n) is 7.07. The number of aromatic nitrogens is 1. The van der Waals surface area contributed by atoms with Crippen LogP contribution in [0.4, 0.5) is 15.3 Å². The molecule has 218 valence electrons. The number of amides is 3. The minimum atomic E-state index is -0.493. The zero-order chi connectivity index (χ0) is 29.1. The Labute approximate surface area is 245 Å². The van der Waals surface area contributed by atoms with Crippen LogP contribution in [0, 0.1) is 12.8 Å². The molecule has 41 heavy (non-hydrogen) atoms. The molecule has 1 saturated heterocycles. The third-order valence-corrected chi connectivity index (χ3v) is 7.38. The van der Waals surface area contributed by atoms with E-state index in [9.17, 15) is 9.59 Å². The molecule has 3 amide bonds. The van der Waals surface area contributed by atoms with Crippen LogP contribution in [0.2, 0.25) is 5.02 Å². The highest BCUT2D eigenvalue weighted by molar-refractivity contribution is 6.33. The predicted octanol–water partition coefficient (Wildman–Crippen LogP) is 7.30. The standard InChI is InChI=1S/C31H37ClN4O5/c1-19-15-23-26(17-28(19)39-18-20-10-13-36(14-11-20)30(38)41-31(2,3)4)33-12-9-27(23)40-22-7-8-25(24(32)16-22)35-29(37)34-21-5-6-21/h7-9,12,15-17,20-21H,5-6,10-11,13-14,18H2,1-4H3,(H2,34,35,37). The molecule has 2 aliphatic rings. The van der Waals surface area contributed by atoms with Gasteiger partial charge in [-0.25, -0.2) is 9.59 Å². The van der Waals surface area contributed by atoms with Crippen molar-refractivity contribution < 1.29 is 23.8 Å². The number of benzene rings is 2. The van der Waals surface area contributed by atoms with Gasteiger partial charge in [-0.3, -0.25) is 4.98 Å². The van der Waals surface area contributed by atoms with E-state index >= 15 is 0 Å². The smallest absolute Gasteiger partial charge is 0.410 e. The van der Waals surface area contributed by atoms with Crippen LogP contribution in [0.25, 0.3) is 10.9 Å². The fourth-order valence-electron chi connectivity index (χ4n) is 4.68. The number of pyridine rings is 1. The molecule has 10 heteroatoms. The number of carbonyl (C=O) groups excluding carboxylic acids is 2. The molecule has 9 nitrogen and oxygen atoms in total. The Kier molecular flexibility index (Phi) is 8.45. The lowest BCUT2D eigenvalue weighted by Crippen LogP contribution is -2.42. The summed E-state index contributed by atoms with van der Waals surface area (Å²) in [4.78, 5) is 30.7. The Morgan fingerprint density at radius 1 is 1.05 bits per heavy atom. The number of urea groups is 1. The van der Waals surface area contributed by atoms with Crippen molar-refractivity contribution >= 4 is 40.3 Å². The van der Waals surface area contributed by atoms with Gasteiger partial charge in [0.2, 0.25) is 0 Å². The van der Waals surface area contributed by atoms with Crippen molar-refractivity contribution in [1.82, 2.24) is 15.2 Å². The summed E-state index contributed by atoms with van der Waals surface area (Å²) in [6, 6.07) is 10.9. The number of likely N-dealkylation sites (tertiary alicyclic amines) is 1. The third kappa shape index (κ3) is 7.73. The number of nitrogens with one attached hydrogen (secondary N) is 2. The minimum Gasteiger partial charge on any atom is -0.493 e. The molecule has 2 aromatic carbocycles. The number of ether oxygens (including phenoxy) is 3. The van der Waals surface area contributed by atoms with Gasteiger partial charge >= 0.3 is 12.1 Å². The topological polar surface area (TPSA) is 102 Å². The van der Waals surface area contributed by atoms with Gasteiger partial charge in [0.1, 0.15) is 22.8 Å². The normalized spacial score (nSPS) is 15.9. The number of aryl methyl sites for hydroxylation is 1. The molecule has 0 radical (unpaired) electrons. The van der Waals surface area contributed by atoms with Crippen molar-refractivity contribution in [2.24, 2.45) is 5.92 Å². The quantitative estimate of drug-likeness (QED) is 0.304. The van der Waals surface area contributed by atoms with E-state index in [0.29, 0.717) is 47.8 Å². The number of carbonyl (C=O) groups is 2. The largest absolute Gasteiger partial charge is 0.493 e. The van der Waals surface area contributed by atoms with Gasteiger partial charge in [0.05, 0.1) is 22.8 Å². The van der Waals surface area contributed by atoms with Crippen molar-refractivity contribution in [3.63, 3.8) is 0 Å². The molecule has 5 rings (SSSR count). The Morgan fingerprint density at radius 2 is 1.80 bits per heavy atom. The second kappa shape index (κ2) is 12.0. The number of nitrogens with zero attached hydrogens (tertiary/aromatic N) is 2. The number of hydrogen-bond acceptors (Lipinski definition) is 6. The first kappa shape index (κ1) is 28.8. The number of fused-ring (bicyclic) bond motifs is 1. The van der Waals surface area contributed by atoms with E-state index in [-0.39, 0.29) is 18.2 Å². The van der Waals surface area contributed by atoms with Gasteiger partial charge in [-0.1, -0.05) is 11.6 Å². The van der Waals surface area contributed by atoms with Crippen molar-refractivity contribution in [1.29, 1.82) is 0 Å². The first-order chi connectivity index (χ1) is 19.5. The summed E-state index contributed by atoms with van der Waals surface area (Å²) in [5.74, 6) is 2.32. The highest BCUT2D eigenvalue weighted by Crippen LogP contribution is 2.35. The molecular formula is C31H37ClN4O5. The van der Waals surface area contributed by atoms with Crippen LogP contribution in [-0.2, 0) is 4.74 Å². The molecule has 0 bridgehead atoms. The maximum absolute atomic E-state index is 12.3. The van der Waals surface area contributed by atoms with Gasteiger partial charge in [-0.05, 0) is 89.1 Å². The van der Waals surface area contributed by atoms with Gasteiger partial charge in [0, 0.05) is 42.8 Å². The fraction of sp³-hybridized carbons (Fsp3) is 0.452. The Bertz CT molecular complexity index is 1430. The molecule has 1 aliphatic heterocycles. The van der Waals surface area contributed by atoms with E-state index in [4.69, 9.17) is 25.8 Å². The lowest BCUT2D eigenvalue weighted by molar-refractivity contribution is 0.0165. The van der Waals surface area contributed by atoms with Gasteiger partial charge in [0.25, 0.3) is 0 Å². The average molecular weight is 581 g/mol. The zero-order valence-electron chi connectivity index (χ0n) is 24.0. The van der Waals surface area contributed by atoms with Crippen LogP contribution in [0.3, 0.4) is 0 Å². The van der Waals surface area contributed by atoms with Crippen LogP contribution in [0.1, 0.15) is 52.0 Å². The molecule has 0 spiro atoms. The van der Waals surface area contributed by atoms with Crippen LogP contribution in [-0.4, -0.2) is 53.3 Å². The Morgan fingerprint density at radius 3 is 2.49 bits per heavy atom. The minimum absolute atomic E-state index is 0.252. The molecular weight excluding hydrogens is 544 g/mol. The fourth-order valence-corrected chi connectivity index (χ4v) is 4.89. The lowest BCUT2D eigenvalue weighted by atomic mass is 9.98. The number of hydrogen-bond donors (Lipinski definition) is 2. The summed E-state index contributed by atoms with van der Waals surface area (Å²) in [7, 11) is 0. The maximum Gasteiger partial charge on any atom is 0.410 e. The van der Waals surface area contributed by atoms with Crippen molar-refractivity contribution in [2.45, 2.75) is 65.0 Å². The molecule has 0 unspecified atom stereocenters. The summed E-state index contributed by atoms with van der Waals surface area (Å²) in [5.41, 5.74) is 1.75. The van der Waals surface area contributed by atoms with E-state index in [1.807, 2.05) is 45.9 Å². The molecule has 1 saturated carbocycles. The highest BCUT2D eigenvalue weighted by Gasteiger charge is 2.27. The molecule has 0 atom stereocenters. The van der Waals surface area contributed by atoms with Crippen molar-refractivity contribution in [3.8, 4) is 17.2 Å². The summed E-state index contributed by atoms with van der Waals surface area (Å²) in [6.45, 7) is 9.54. The zero-order valence-corrected chi connectivity index (χ0v) is 24.7. The Balaban J connectivity index is 1.20. The average Bonchev–Trinajstić information content (AvgIpc) is 3.73. The summed E-state index contributed by atoms with van der Waals surface area (Å²) < 4.78 is 17.9. The van der Waals surface area contributed by atoms with Gasteiger partial charge in [-0.15, -0.1) is 0 Å². The summed E-state index contributed by atoms with van der Waals surface area (Å²) >= 11 is 6.43. The van der Waals surface area contributed by atoms with Crippen LogP contribution in [0.5, 0.6) is 17.2 Å². The van der Waals surface area contributed by atoms with Crippen molar-refractivity contribution in [2.75, 3.05) is 25.0 Å². The van der Waals surface area contributed by atoms with Gasteiger partial charge in [0.15, 0.2) is 0 Å². The second-order valence-electron chi connectivity index (χ2n) is 11.8. The molecule has 1 aromatic heterocycles. The second-order valence-corrected chi connectivity index (χ2v) is 12.2. The number of rotatable bonds is 7. The summed E-state index contributed by atoms with van der Waals surface area (Å²) in [6.07, 6.45) is 5.20. The first-order valence-corrected chi connectivity index (χ1v) is 14.5. The maximum atomic E-state index is 12.3. The SMILES string of the molecule is Cc1cc2c(Oc3ccc(NC(=O)NC4CC4)c(Cl)c3)ccnc2cc1OCC1CCN(C(=O)OC(C)(C)C)CC1. The van der Waals surface area contributed by atoms with E-state index in [1.165, 1.54) is 0 Å². The predicted molar refractivity (Wildman–Crippen MR) is 159 cm³/mol. The molecule has 3 aromatic rings. The van der Waals surface area contributed by atoms with Crippen molar-refractivity contribution in [3.05, 3.63) is 53.2 Å². The van der Waals surface area contributed by atoms with Gasteiger partial charge < -0.3 is 29.7 Å². The number of anilines is 1.